The Kier molecular flexibility index (Phi) is 4.95. The van der Waals surface area contributed by atoms with E-state index in [9.17, 15) is 9.90 Å². The molecule has 0 radical (unpaired) electrons. The van der Waals surface area contributed by atoms with Crippen molar-refractivity contribution in [3.05, 3.63) is 59.2 Å². The highest BCUT2D eigenvalue weighted by molar-refractivity contribution is 6.06. The van der Waals surface area contributed by atoms with Gasteiger partial charge in [0.2, 0.25) is 0 Å². The summed E-state index contributed by atoms with van der Waals surface area (Å²) in [5, 5.41) is 12.8. The molecular formula is C17H20N2O2. The van der Waals surface area contributed by atoms with Crippen molar-refractivity contribution in [1.29, 1.82) is 0 Å². The Morgan fingerprint density at radius 2 is 2.00 bits per heavy atom. The smallest absolute Gasteiger partial charge is 0.259 e. The number of amides is 1. The Labute approximate surface area is 124 Å². The molecule has 2 aromatic carbocycles. The van der Waals surface area contributed by atoms with Crippen LogP contribution < -0.4 is 11.1 Å². The number of hydrogen-bond donors (Lipinski definition) is 3. The van der Waals surface area contributed by atoms with E-state index in [0.717, 1.165) is 24.1 Å². The van der Waals surface area contributed by atoms with Crippen molar-refractivity contribution in [1.82, 2.24) is 0 Å². The summed E-state index contributed by atoms with van der Waals surface area (Å²) in [6, 6.07) is 12.8. The van der Waals surface area contributed by atoms with Crippen LogP contribution in [0.4, 0.5) is 5.69 Å². The average molecular weight is 284 g/mol. The third-order valence-electron chi connectivity index (χ3n) is 3.34. The minimum Gasteiger partial charge on any atom is -0.507 e. The van der Waals surface area contributed by atoms with E-state index in [1.165, 1.54) is 0 Å². The molecule has 0 saturated heterocycles. The van der Waals surface area contributed by atoms with Gasteiger partial charge < -0.3 is 16.2 Å². The summed E-state index contributed by atoms with van der Waals surface area (Å²) in [5.41, 5.74) is 8.31. The van der Waals surface area contributed by atoms with E-state index in [2.05, 4.69) is 5.32 Å². The van der Waals surface area contributed by atoms with Gasteiger partial charge in [-0.3, -0.25) is 4.79 Å². The first-order chi connectivity index (χ1) is 10.1. The number of phenolic OH excluding ortho intramolecular Hbond substituents is 1. The predicted molar refractivity (Wildman–Crippen MR) is 84.6 cm³/mol. The highest BCUT2D eigenvalue weighted by Gasteiger charge is 2.12. The molecule has 0 atom stereocenters. The zero-order valence-electron chi connectivity index (χ0n) is 12.1. The minimum atomic E-state index is -0.313. The second-order valence-electron chi connectivity index (χ2n) is 5.02. The molecule has 1 amide bonds. The maximum absolute atomic E-state index is 12.2. The molecule has 0 unspecified atom stereocenters. The largest absolute Gasteiger partial charge is 0.507 e. The molecule has 110 valence electrons. The van der Waals surface area contributed by atoms with Crippen LogP contribution in [0.15, 0.2) is 42.5 Å². The molecule has 4 N–H and O–H groups in total. The van der Waals surface area contributed by atoms with Crippen LogP contribution in [0.3, 0.4) is 0 Å². The number of carbonyl (C=O) groups excluding carboxylic acids is 1. The Morgan fingerprint density at radius 1 is 1.24 bits per heavy atom. The third kappa shape index (κ3) is 3.83. The number of aryl methyl sites for hydroxylation is 2. The maximum Gasteiger partial charge on any atom is 0.259 e. The zero-order chi connectivity index (χ0) is 15.2. The Morgan fingerprint density at radius 3 is 2.76 bits per heavy atom. The number of nitrogens with two attached hydrogens (primary N) is 1. The molecule has 0 aromatic heterocycles. The van der Waals surface area contributed by atoms with Crippen molar-refractivity contribution < 1.29 is 9.90 Å². The van der Waals surface area contributed by atoms with Gasteiger partial charge in [-0.05, 0) is 55.6 Å². The molecule has 0 aliphatic rings. The number of anilines is 1. The SMILES string of the molecule is Cc1cccc(C(=O)Nc2cccc(CCCN)c2)c1O. The first-order valence-electron chi connectivity index (χ1n) is 7.00. The summed E-state index contributed by atoms with van der Waals surface area (Å²) in [6.07, 6.45) is 1.80. The van der Waals surface area contributed by atoms with Gasteiger partial charge in [0.1, 0.15) is 5.75 Å². The molecule has 0 fully saturated rings. The summed E-state index contributed by atoms with van der Waals surface area (Å²) in [4.78, 5) is 12.2. The predicted octanol–water partition coefficient (Wildman–Crippen LogP) is 2.84. The van der Waals surface area contributed by atoms with Crippen LogP contribution >= 0.6 is 0 Å². The maximum atomic E-state index is 12.2. The molecule has 0 spiro atoms. The lowest BCUT2D eigenvalue weighted by Crippen LogP contribution is -2.12. The number of benzene rings is 2. The second kappa shape index (κ2) is 6.90. The lowest BCUT2D eigenvalue weighted by Gasteiger charge is -2.09. The molecule has 0 aliphatic carbocycles. The number of carbonyl (C=O) groups is 1. The van der Waals surface area contributed by atoms with Crippen molar-refractivity contribution in [2.24, 2.45) is 5.73 Å². The number of phenols is 1. The second-order valence-corrected chi connectivity index (χ2v) is 5.02. The fourth-order valence-corrected chi connectivity index (χ4v) is 2.15. The highest BCUT2D eigenvalue weighted by Crippen LogP contribution is 2.22. The Hall–Kier alpha value is -2.33. The third-order valence-corrected chi connectivity index (χ3v) is 3.34. The lowest BCUT2D eigenvalue weighted by atomic mass is 10.1. The van der Waals surface area contributed by atoms with E-state index in [4.69, 9.17) is 5.73 Å². The number of nitrogens with one attached hydrogen (secondary N) is 1. The molecule has 21 heavy (non-hydrogen) atoms. The first kappa shape index (κ1) is 15.1. The van der Waals surface area contributed by atoms with E-state index in [1.807, 2.05) is 24.3 Å². The zero-order valence-corrected chi connectivity index (χ0v) is 12.1. The van der Waals surface area contributed by atoms with Crippen LogP contribution in [0.1, 0.15) is 27.9 Å². The van der Waals surface area contributed by atoms with Gasteiger partial charge in [0, 0.05) is 5.69 Å². The van der Waals surface area contributed by atoms with Crippen molar-refractivity contribution in [2.45, 2.75) is 19.8 Å². The van der Waals surface area contributed by atoms with Gasteiger partial charge in [-0.1, -0.05) is 24.3 Å². The van der Waals surface area contributed by atoms with E-state index in [0.29, 0.717) is 12.1 Å². The van der Waals surface area contributed by atoms with Crippen molar-refractivity contribution >= 4 is 11.6 Å². The van der Waals surface area contributed by atoms with Crippen LogP contribution in [0, 0.1) is 6.92 Å². The quantitative estimate of drug-likeness (QED) is 0.790. The number of rotatable bonds is 5. The molecule has 0 heterocycles. The molecule has 0 aliphatic heterocycles. The van der Waals surface area contributed by atoms with Gasteiger partial charge in [-0.2, -0.15) is 0 Å². The highest BCUT2D eigenvalue weighted by atomic mass is 16.3. The van der Waals surface area contributed by atoms with Gasteiger partial charge in [0.05, 0.1) is 5.56 Å². The summed E-state index contributed by atoms with van der Waals surface area (Å²) >= 11 is 0. The normalized spacial score (nSPS) is 10.4. The molecule has 4 nitrogen and oxygen atoms in total. The van der Waals surface area contributed by atoms with Crippen LogP contribution in [-0.4, -0.2) is 17.6 Å². The molecular weight excluding hydrogens is 264 g/mol. The molecule has 2 aromatic rings. The van der Waals surface area contributed by atoms with Gasteiger partial charge in [-0.25, -0.2) is 0 Å². The summed E-state index contributed by atoms with van der Waals surface area (Å²) in [6.45, 7) is 2.41. The van der Waals surface area contributed by atoms with Crippen molar-refractivity contribution in [2.75, 3.05) is 11.9 Å². The van der Waals surface area contributed by atoms with E-state index < -0.39 is 0 Å². The van der Waals surface area contributed by atoms with Crippen molar-refractivity contribution in [3.8, 4) is 5.75 Å². The summed E-state index contributed by atoms with van der Waals surface area (Å²) in [5.74, 6) is -0.290. The van der Waals surface area contributed by atoms with Crippen LogP contribution in [0.2, 0.25) is 0 Å². The van der Waals surface area contributed by atoms with Crippen LogP contribution in [-0.2, 0) is 6.42 Å². The van der Waals surface area contributed by atoms with Gasteiger partial charge in [-0.15, -0.1) is 0 Å². The lowest BCUT2D eigenvalue weighted by molar-refractivity contribution is 0.102. The first-order valence-corrected chi connectivity index (χ1v) is 7.00. The van der Waals surface area contributed by atoms with E-state index in [-0.39, 0.29) is 17.2 Å². The fraction of sp³-hybridized carbons (Fsp3) is 0.235. The Balaban J connectivity index is 2.14. The molecule has 0 bridgehead atoms. The van der Waals surface area contributed by atoms with Crippen LogP contribution in [0.25, 0.3) is 0 Å². The topological polar surface area (TPSA) is 75.4 Å². The van der Waals surface area contributed by atoms with Gasteiger partial charge in [0.25, 0.3) is 5.91 Å². The van der Waals surface area contributed by atoms with Crippen molar-refractivity contribution in [3.63, 3.8) is 0 Å². The molecule has 2 rings (SSSR count). The fourth-order valence-electron chi connectivity index (χ4n) is 2.15. The summed E-state index contributed by atoms with van der Waals surface area (Å²) < 4.78 is 0. The molecule has 0 saturated carbocycles. The monoisotopic (exact) mass is 284 g/mol. The number of hydrogen-bond acceptors (Lipinski definition) is 3. The number of para-hydroxylation sites is 1. The van der Waals surface area contributed by atoms with E-state index >= 15 is 0 Å². The number of aromatic hydroxyl groups is 1. The van der Waals surface area contributed by atoms with Gasteiger partial charge >= 0.3 is 0 Å². The standard InChI is InChI=1S/C17H20N2O2/c1-12-5-2-9-15(16(12)20)17(21)19-14-8-3-6-13(11-14)7-4-10-18/h2-3,5-6,8-9,11,20H,4,7,10,18H2,1H3,(H,19,21). The Bertz CT molecular complexity index is 638. The van der Waals surface area contributed by atoms with Crippen LogP contribution in [0.5, 0.6) is 5.75 Å². The summed E-state index contributed by atoms with van der Waals surface area (Å²) in [7, 11) is 0. The van der Waals surface area contributed by atoms with Gasteiger partial charge in [0.15, 0.2) is 0 Å². The molecule has 4 heteroatoms. The average Bonchev–Trinajstić information content (AvgIpc) is 2.48. The van der Waals surface area contributed by atoms with E-state index in [1.54, 1.807) is 25.1 Å². The minimum absolute atomic E-state index is 0.0225.